The van der Waals surface area contributed by atoms with Gasteiger partial charge in [-0.25, -0.2) is 19.7 Å². The van der Waals surface area contributed by atoms with Gasteiger partial charge >= 0.3 is 6.09 Å². The zero-order valence-corrected chi connectivity index (χ0v) is 23.1. The molecule has 208 valence electrons. The first-order valence-electron chi connectivity index (χ1n) is 13.7. The van der Waals surface area contributed by atoms with Crippen LogP contribution in [0.1, 0.15) is 38.8 Å². The number of hydrogen-bond acceptors (Lipinski definition) is 9. The summed E-state index contributed by atoms with van der Waals surface area (Å²) in [5.74, 6) is 2.39. The molecule has 3 aliphatic rings. The van der Waals surface area contributed by atoms with Gasteiger partial charge in [0.25, 0.3) is 0 Å². The molecule has 0 aliphatic carbocycles. The van der Waals surface area contributed by atoms with Crippen molar-refractivity contribution in [3.8, 4) is 0 Å². The van der Waals surface area contributed by atoms with Crippen molar-refractivity contribution in [2.24, 2.45) is 7.05 Å². The lowest BCUT2D eigenvalue weighted by atomic mass is 9.99. The number of carboxylic acid groups (broad SMARTS) is 1. The number of amides is 1. The normalized spacial score (nSPS) is 20.5. The van der Waals surface area contributed by atoms with Crippen LogP contribution in [0.2, 0.25) is 0 Å². The summed E-state index contributed by atoms with van der Waals surface area (Å²) < 4.78 is 7.70. The monoisotopic (exact) mass is 535 g/mol. The SMILES string of the molecule is CCC1(c2nc(N3CCOCC3)c3nc(CN4CCN(C(=O)O)C(C)(C)C4)n(C)c3n2)Nc2ccccc2N1. The highest BCUT2D eigenvalue weighted by Crippen LogP contribution is 2.41. The molecule has 3 N–H and O–H groups in total. The summed E-state index contributed by atoms with van der Waals surface area (Å²) in [6.45, 7) is 11.2. The minimum absolute atomic E-state index is 0.464. The number of fused-ring (bicyclic) bond motifs is 2. The lowest BCUT2D eigenvalue weighted by molar-refractivity contribution is 0.0217. The van der Waals surface area contributed by atoms with E-state index in [1.807, 2.05) is 33.0 Å². The molecular weight excluding hydrogens is 498 g/mol. The predicted molar refractivity (Wildman–Crippen MR) is 149 cm³/mol. The third kappa shape index (κ3) is 4.41. The van der Waals surface area contributed by atoms with E-state index >= 15 is 0 Å². The second kappa shape index (κ2) is 9.53. The Bertz CT molecular complexity index is 1370. The minimum Gasteiger partial charge on any atom is -0.465 e. The molecule has 2 fully saturated rings. The zero-order valence-electron chi connectivity index (χ0n) is 23.1. The number of imidazole rings is 1. The van der Waals surface area contributed by atoms with Gasteiger partial charge in [-0.15, -0.1) is 0 Å². The average molecular weight is 536 g/mol. The Balaban J connectivity index is 1.39. The van der Waals surface area contributed by atoms with E-state index in [4.69, 9.17) is 19.7 Å². The van der Waals surface area contributed by atoms with Gasteiger partial charge < -0.3 is 34.8 Å². The lowest BCUT2D eigenvalue weighted by Gasteiger charge is -2.45. The van der Waals surface area contributed by atoms with E-state index in [9.17, 15) is 9.90 Å². The molecule has 12 nitrogen and oxygen atoms in total. The van der Waals surface area contributed by atoms with Crippen LogP contribution in [0.5, 0.6) is 0 Å². The number of nitrogens with one attached hydrogen (secondary N) is 2. The number of piperazine rings is 1. The van der Waals surface area contributed by atoms with Gasteiger partial charge in [-0.3, -0.25) is 4.90 Å². The van der Waals surface area contributed by atoms with Crippen LogP contribution >= 0.6 is 0 Å². The number of hydrogen-bond donors (Lipinski definition) is 3. The fourth-order valence-electron chi connectivity index (χ4n) is 6.00. The van der Waals surface area contributed by atoms with Gasteiger partial charge in [-0.05, 0) is 32.4 Å². The first-order chi connectivity index (χ1) is 18.7. The molecule has 12 heteroatoms. The Kier molecular flexibility index (Phi) is 6.26. The Morgan fingerprint density at radius 2 is 1.74 bits per heavy atom. The quantitative estimate of drug-likeness (QED) is 0.449. The summed E-state index contributed by atoms with van der Waals surface area (Å²) in [7, 11) is 2.01. The van der Waals surface area contributed by atoms with Crippen LogP contribution in [0.25, 0.3) is 11.2 Å². The van der Waals surface area contributed by atoms with Crippen molar-refractivity contribution < 1.29 is 14.6 Å². The van der Waals surface area contributed by atoms with Crippen molar-refractivity contribution in [2.75, 3.05) is 61.5 Å². The summed E-state index contributed by atoms with van der Waals surface area (Å²) in [4.78, 5) is 33.1. The zero-order chi connectivity index (χ0) is 27.4. The van der Waals surface area contributed by atoms with Gasteiger partial charge in [-0.2, -0.15) is 0 Å². The van der Waals surface area contributed by atoms with Gasteiger partial charge in [0.2, 0.25) is 0 Å². The van der Waals surface area contributed by atoms with Crippen molar-refractivity contribution in [2.45, 2.75) is 44.9 Å². The first kappa shape index (κ1) is 25.6. The van der Waals surface area contributed by atoms with Gasteiger partial charge in [0.15, 0.2) is 28.5 Å². The standard InChI is InChI=1S/C27H37N9O3/c1-5-27(31-18-8-6-7-9-19(18)32-27)24-29-22-21(23(30-24)35-12-14-39-15-13-35)28-20(33(22)4)16-34-10-11-36(25(37)38)26(2,3)17-34/h6-9,31-32H,5,10-17H2,1-4H3,(H,37,38). The maximum Gasteiger partial charge on any atom is 0.407 e. The third-order valence-corrected chi connectivity index (χ3v) is 8.22. The van der Waals surface area contributed by atoms with E-state index in [2.05, 4.69) is 44.1 Å². The molecule has 3 aliphatic heterocycles. The molecule has 39 heavy (non-hydrogen) atoms. The van der Waals surface area contributed by atoms with Crippen LogP contribution in [0, 0.1) is 0 Å². The predicted octanol–water partition coefficient (Wildman–Crippen LogP) is 2.87. The molecule has 0 bridgehead atoms. The lowest BCUT2D eigenvalue weighted by Crippen LogP contribution is -2.60. The van der Waals surface area contributed by atoms with Gasteiger partial charge in [-0.1, -0.05) is 19.1 Å². The van der Waals surface area contributed by atoms with Crippen LogP contribution < -0.4 is 15.5 Å². The number of aryl methyl sites for hydroxylation is 1. The number of aromatic nitrogens is 4. The van der Waals surface area contributed by atoms with Crippen molar-refractivity contribution >= 4 is 34.4 Å². The summed E-state index contributed by atoms with van der Waals surface area (Å²) in [6, 6.07) is 8.17. The molecule has 0 atom stereocenters. The molecule has 1 amide bonds. The Labute approximate surface area is 228 Å². The first-order valence-corrected chi connectivity index (χ1v) is 13.7. The molecule has 2 saturated heterocycles. The molecule has 3 aromatic rings. The van der Waals surface area contributed by atoms with Crippen molar-refractivity contribution in [3.05, 3.63) is 35.9 Å². The Morgan fingerprint density at radius 3 is 2.36 bits per heavy atom. The van der Waals surface area contributed by atoms with Crippen molar-refractivity contribution in [1.29, 1.82) is 0 Å². The highest BCUT2D eigenvalue weighted by molar-refractivity contribution is 5.85. The molecule has 6 rings (SSSR count). The van der Waals surface area contributed by atoms with Gasteiger partial charge in [0, 0.05) is 39.8 Å². The number of nitrogens with zero attached hydrogens (tertiary/aromatic N) is 7. The smallest absolute Gasteiger partial charge is 0.407 e. The number of ether oxygens (including phenoxy) is 1. The maximum atomic E-state index is 11.7. The second-order valence-electron chi connectivity index (χ2n) is 11.2. The largest absolute Gasteiger partial charge is 0.465 e. The molecule has 1 aromatic carbocycles. The minimum atomic E-state index is -0.874. The number of carbonyl (C=O) groups is 1. The molecule has 0 saturated carbocycles. The molecule has 2 aromatic heterocycles. The Morgan fingerprint density at radius 1 is 1.05 bits per heavy atom. The number of anilines is 3. The number of benzene rings is 1. The van der Waals surface area contributed by atoms with Crippen LogP contribution in [0.3, 0.4) is 0 Å². The van der Waals surface area contributed by atoms with E-state index in [-0.39, 0.29) is 0 Å². The van der Waals surface area contributed by atoms with Crippen LogP contribution in [0.15, 0.2) is 24.3 Å². The van der Waals surface area contributed by atoms with Crippen molar-refractivity contribution in [3.63, 3.8) is 0 Å². The number of para-hydroxylation sites is 2. The van der Waals surface area contributed by atoms with Crippen molar-refractivity contribution in [1.82, 2.24) is 29.3 Å². The molecule has 0 radical (unpaired) electrons. The highest BCUT2D eigenvalue weighted by Gasteiger charge is 2.41. The van der Waals surface area contributed by atoms with Crippen LogP contribution in [-0.4, -0.2) is 92.0 Å². The fourth-order valence-corrected chi connectivity index (χ4v) is 6.00. The highest BCUT2D eigenvalue weighted by atomic mass is 16.5. The van der Waals surface area contributed by atoms with Gasteiger partial charge in [0.05, 0.1) is 36.7 Å². The topological polar surface area (TPSA) is 124 Å². The third-order valence-electron chi connectivity index (χ3n) is 8.22. The summed E-state index contributed by atoms with van der Waals surface area (Å²) in [5.41, 5.74) is 2.51. The molecule has 0 unspecified atom stereocenters. The Hall–Kier alpha value is -3.64. The average Bonchev–Trinajstić information content (AvgIpc) is 3.46. The van der Waals surface area contributed by atoms with E-state index in [0.29, 0.717) is 45.2 Å². The van der Waals surface area contributed by atoms with E-state index in [0.717, 1.165) is 53.7 Å². The van der Waals surface area contributed by atoms with E-state index in [1.165, 1.54) is 4.90 Å². The number of rotatable bonds is 5. The maximum absolute atomic E-state index is 11.7. The van der Waals surface area contributed by atoms with Crippen LogP contribution in [-0.2, 0) is 24.0 Å². The summed E-state index contributed by atoms with van der Waals surface area (Å²) >= 11 is 0. The summed E-state index contributed by atoms with van der Waals surface area (Å²) in [5, 5.41) is 16.9. The number of morpholine rings is 1. The van der Waals surface area contributed by atoms with Crippen LogP contribution in [0.4, 0.5) is 22.0 Å². The van der Waals surface area contributed by atoms with E-state index in [1.54, 1.807) is 0 Å². The van der Waals surface area contributed by atoms with Gasteiger partial charge in [0.1, 0.15) is 5.82 Å². The fraction of sp³-hybridized carbons (Fsp3) is 0.556. The molecule has 5 heterocycles. The van der Waals surface area contributed by atoms with E-state index < -0.39 is 17.3 Å². The summed E-state index contributed by atoms with van der Waals surface area (Å²) in [6.07, 6.45) is -0.134. The molecular formula is C27H37N9O3. The molecule has 0 spiro atoms. The second-order valence-corrected chi connectivity index (χ2v) is 11.2.